The van der Waals surface area contributed by atoms with Gasteiger partial charge in [0, 0.05) is 0 Å². The van der Waals surface area contributed by atoms with E-state index in [1.165, 1.54) is 19.3 Å². The van der Waals surface area contributed by atoms with Crippen LogP contribution in [0.25, 0.3) is 0 Å². The first-order valence-corrected chi connectivity index (χ1v) is 6.91. The largest absolute Gasteiger partial charge is 1.00 e. The molecule has 0 saturated carbocycles. The topological polar surface area (TPSA) is 43.1 Å². The maximum absolute atomic E-state index is 11.5. The maximum atomic E-state index is 11.5. The molecule has 0 aliphatic carbocycles. The van der Waals surface area contributed by atoms with Crippen molar-refractivity contribution in [1.82, 2.24) is 0 Å². The second-order valence-electron chi connectivity index (χ2n) is 5.02. The van der Waals surface area contributed by atoms with Gasteiger partial charge >= 0.3 is 0 Å². The van der Waals surface area contributed by atoms with Gasteiger partial charge in [-0.05, 0) is 31.9 Å². The fourth-order valence-electron chi connectivity index (χ4n) is 2.40. The molecule has 0 saturated heterocycles. The Hall–Kier alpha value is -0.800. The average molecular weight is 289 g/mol. The summed E-state index contributed by atoms with van der Waals surface area (Å²) in [5.41, 5.74) is 5.49. The number of primary amides is 1. The summed E-state index contributed by atoms with van der Waals surface area (Å²) < 4.78 is 0.659. The number of unbranched alkanes of at least 4 members (excludes halogenated alkanes) is 3. The highest BCUT2D eigenvalue weighted by molar-refractivity contribution is 5.78. The second-order valence-corrected chi connectivity index (χ2v) is 5.02. The SMILES string of the molecule is C=CC[N+](CC=C)(CCCCCC)C(C)C(N)=O.[Cl-]. The predicted molar refractivity (Wildman–Crippen MR) is 78.1 cm³/mol. The van der Waals surface area contributed by atoms with Gasteiger partial charge in [-0.2, -0.15) is 0 Å². The highest BCUT2D eigenvalue weighted by Gasteiger charge is 2.34. The highest BCUT2D eigenvalue weighted by atomic mass is 35.5. The number of carbonyl (C=O) groups is 1. The first-order chi connectivity index (χ1) is 8.54. The lowest BCUT2D eigenvalue weighted by Gasteiger charge is -2.41. The van der Waals surface area contributed by atoms with Gasteiger partial charge in [-0.25, -0.2) is 0 Å². The van der Waals surface area contributed by atoms with Gasteiger partial charge in [0.15, 0.2) is 6.04 Å². The molecular weight excluding hydrogens is 260 g/mol. The van der Waals surface area contributed by atoms with Crippen LogP contribution in [0.3, 0.4) is 0 Å². The van der Waals surface area contributed by atoms with Crippen LogP contribution in [0.2, 0.25) is 0 Å². The zero-order valence-corrected chi connectivity index (χ0v) is 13.2. The van der Waals surface area contributed by atoms with Gasteiger partial charge in [-0.15, -0.1) is 0 Å². The Balaban J connectivity index is 0. The first kappa shape index (κ1) is 20.5. The first-order valence-electron chi connectivity index (χ1n) is 6.91. The fraction of sp³-hybridized carbons (Fsp3) is 0.667. The molecule has 1 amide bonds. The van der Waals surface area contributed by atoms with Crippen LogP contribution in [0.4, 0.5) is 0 Å². The third-order valence-corrected chi connectivity index (χ3v) is 3.68. The van der Waals surface area contributed by atoms with Crippen LogP contribution in [-0.4, -0.2) is 36.1 Å². The van der Waals surface area contributed by atoms with E-state index in [-0.39, 0.29) is 24.4 Å². The van der Waals surface area contributed by atoms with Crippen LogP contribution in [0.5, 0.6) is 0 Å². The molecule has 0 aromatic heterocycles. The molecule has 0 spiro atoms. The van der Waals surface area contributed by atoms with Gasteiger partial charge in [-0.1, -0.05) is 32.9 Å². The highest BCUT2D eigenvalue weighted by Crippen LogP contribution is 2.17. The second kappa shape index (κ2) is 11.1. The molecule has 0 aromatic rings. The van der Waals surface area contributed by atoms with Gasteiger partial charge in [0.25, 0.3) is 5.91 Å². The van der Waals surface area contributed by atoms with Crippen molar-refractivity contribution in [3.63, 3.8) is 0 Å². The van der Waals surface area contributed by atoms with E-state index >= 15 is 0 Å². The molecule has 0 aliphatic rings. The molecule has 4 heteroatoms. The molecule has 1 unspecified atom stereocenters. The molecule has 19 heavy (non-hydrogen) atoms. The Morgan fingerprint density at radius 3 is 2.11 bits per heavy atom. The lowest BCUT2D eigenvalue weighted by molar-refractivity contribution is -0.930. The summed E-state index contributed by atoms with van der Waals surface area (Å²) in [6.07, 6.45) is 8.54. The number of halogens is 1. The summed E-state index contributed by atoms with van der Waals surface area (Å²) >= 11 is 0. The Kier molecular flexibility index (Phi) is 11.9. The van der Waals surface area contributed by atoms with Gasteiger partial charge in [0.2, 0.25) is 0 Å². The standard InChI is InChI=1S/C15H28N2O.ClH/c1-5-8-9-10-13-17(11-6-2,12-7-3)14(4)15(16)18;/h6-7,14H,2-3,5,8-13H2,1,4H3,(H-,16,18);1H. The summed E-state index contributed by atoms with van der Waals surface area (Å²) in [5, 5.41) is 0. The lowest BCUT2D eigenvalue weighted by atomic mass is 10.1. The summed E-state index contributed by atoms with van der Waals surface area (Å²) in [6.45, 7) is 14.2. The number of nitrogens with zero attached hydrogens (tertiary/aromatic N) is 1. The Morgan fingerprint density at radius 1 is 1.21 bits per heavy atom. The van der Waals surface area contributed by atoms with E-state index in [4.69, 9.17) is 5.73 Å². The number of rotatable bonds is 11. The van der Waals surface area contributed by atoms with Gasteiger partial charge in [-0.3, -0.25) is 4.79 Å². The summed E-state index contributed by atoms with van der Waals surface area (Å²) in [6, 6.07) is -0.192. The van der Waals surface area contributed by atoms with E-state index in [2.05, 4.69) is 20.1 Å². The Morgan fingerprint density at radius 2 is 1.74 bits per heavy atom. The molecule has 0 fully saturated rings. The molecule has 2 N–H and O–H groups in total. The van der Waals surface area contributed by atoms with Crippen LogP contribution in [0, 0.1) is 0 Å². The number of nitrogens with two attached hydrogens (primary N) is 1. The normalized spacial score (nSPS) is 12.3. The maximum Gasteiger partial charge on any atom is 0.275 e. The van der Waals surface area contributed by atoms with Crippen molar-refractivity contribution in [2.24, 2.45) is 5.73 Å². The van der Waals surface area contributed by atoms with Crippen LogP contribution < -0.4 is 18.1 Å². The van der Waals surface area contributed by atoms with Crippen LogP contribution in [-0.2, 0) is 4.79 Å². The molecule has 3 nitrogen and oxygen atoms in total. The monoisotopic (exact) mass is 288 g/mol. The molecule has 112 valence electrons. The number of hydrogen-bond acceptors (Lipinski definition) is 1. The van der Waals surface area contributed by atoms with Crippen LogP contribution in [0.15, 0.2) is 25.3 Å². The minimum Gasteiger partial charge on any atom is -1.00 e. The van der Waals surface area contributed by atoms with Crippen molar-refractivity contribution in [3.05, 3.63) is 25.3 Å². The van der Waals surface area contributed by atoms with Crippen molar-refractivity contribution in [1.29, 1.82) is 0 Å². The fourth-order valence-corrected chi connectivity index (χ4v) is 2.40. The smallest absolute Gasteiger partial charge is 0.275 e. The van der Waals surface area contributed by atoms with E-state index in [1.807, 2.05) is 19.1 Å². The molecule has 0 aromatic carbocycles. The molecule has 0 rings (SSSR count). The minimum atomic E-state index is -0.241. The lowest BCUT2D eigenvalue weighted by Crippen LogP contribution is -3.00. The van der Waals surface area contributed by atoms with Gasteiger partial charge < -0.3 is 22.6 Å². The van der Waals surface area contributed by atoms with Crippen molar-refractivity contribution >= 4 is 5.91 Å². The molecule has 0 heterocycles. The van der Waals surface area contributed by atoms with E-state index in [1.54, 1.807) is 0 Å². The van der Waals surface area contributed by atoms with Crippen molar-refractivity contribution < 1.29 is 21.7 Å². The number of carbonyl (C=O) groups excluding carboxylic acids is 1. The summed E-state index contributed by atoms with van der Waals surface area (Å²) in [5.74, 6) is -0.241. The number of hydrogen-bond donors (Lipinski definition) is 1. The summed E-state index contributed by atoms with van der Waals surface area (Å²) in [4.78, 5) is 11.5. The van der Waals surface area contributed by atoms with E-state index in [0.717, 1.165) is 26.1 Å². The van der Waals surface area contributed by atoms with Crippen LogP contribution >= 0.6 is 0 Å². The van der Waals surface area contributed by atoms with Crippen LogP contribution in [0.1, 0.15) is 39.5 Å². The van der Waals surface area contributed by atoms with E-state index in [9.17, 15) is 4.79 Å². The Bertz CT molecular complexity index is 269. The number of amides is 1. The molecule has 1 atom stereocenters. The molecule has 0 radical (unpaired) electrons. The zero-order chi connectivity index (χ0) is 14.0. The molecule has 0 aliphatic heterocycles. The van der Waals surface area contributed by atoms with Crippen molar-refractivity contribution in [2.75, 3.05) is 19.6 Å². The zero-order valence-electron chi connectivity index (χ0n) is 12.4. The average Bonchev–Trinajstić information content (AvgIpc) is 2.34. The third-order valence-electron chi connectivity index (χ3n) is 3.68. The third kappa shape index (κ3) is 6.79. The van der Waals surface area contributed by atoms with Gasteiger partial charge in [0.1, 0.15) is 0 Å². The Labute approximate surface area is 124 Å². The molecule has 0 bridgehead atoms. The van der Waals surface area contributed by atoms with E-state index in [0.29, 0.717) is 4.48 Å². The van der Waals surface area contributed by atoms with Crippen molar-refractivity contribution in [2.45, 2.75) is 45.6 Å². The van der Waals surface area contributed by atoms with Crippen molar-refractivity contribution in [3.8, 4) is 0 Å². The minimum absolute atomic E-state index is 0. The quantitative estimate of drug-likeness (QED) is 0.315. The number of quaternary nitrogens is 1. The van der Waals surface area contributed by atoms with Gasteiger partial charge in [0.05, 0.1) is 19.6 Å². The predicted octanol–water partition coefficient (Wildman–Crippen LogP) is -0.367. The molecular formula is C15H29ClN2O. The van der Waals surface area contributed by atoms with E-state index < -0.39 is 0 Å². The summed E-state index contributed by atoms with van der Waals surface area (Å²) in [7, 11) is 0.